The maximum absolute atomic E-state index is 9.89. The molecule has 1 heterocycles. The summed E-state index contributed by atoms with van der Waals surface area (Å²) in [6.07, 6.45) is 1.81. The van der Waals surface area contributed by atoms with Gasteiger partial charge in [-0.05, 0) is 19.4 Å². The molecule has 2 rings (SSSR count). The molecule has 0 aliphatic rings. The normalized spacial score (nSPS) is 12.6. The zero-order valence-corrected chi connectivity index (χ0v) is 10.8. The van der Waals surface area contributed by atoms with E-state index >= 15 is 0 Å². The number of nitrogens with zero attached hydrogens (tertiary/aromatic N) is 1. The fourth-order valence-corrected chi connectivity index (χ4v) is 2.33. The number of aryl methyl sites for hydroxylation is 1. The topological polar surface area (TPSA) is 45.2 Å². The number of phenols is 1. The van der Waals surface area contributed by atoms with Gasteiger partial charge in [0.25, 0.3) is 0 Å². The lowest BCUT2D eigenvalue weighted by Crippen LogP contribution is -2.18. The number of phenolic OH excluding ortho intramolecular Hbond substituents is 1. The second-order valence-electron chi connectivity index (χ2n) is 4.06. The summed E-state index contributed by atoms with van der Waals surface area (Å²) < 4.78 is 0. The van der Waals surface area contributed by atoms with Crippen LogP contribution < -0.4 is 5.32 Å². The Kier molecular flexibility index (Phi) is 3.76. The molecule has 0 bridgehead atoms. The molecular weight excluding hydrogens is 232 g/mol. The second-order valence-corrected chi connectivity index (χ2v) is 4.98. The first-order valence-electron chi connectivity index (χ1n) is 5.58. The zero-order valence-electron chi connectivity index (χ0n) is 9.97. The lowest BCUT2D eigenvalue weighted by Gasteiger charge is -2.12. The standard InChI is InChI=1S/C13H16N2OS/c1-9-4-3-5-11(12(9)16)8-15-10(2)13-14-6-7-17-13/h3-7,10,15-16H,8H2,1-2H3. The van der Waals surface area contributed by atoms with Crippen molar-refractivity contribution in [3.63, 3.8) is 0 Å². The number of hydrogen-bond donors (Lipinski definition) is 2. The Hall–Kier alpha value is -1.39. The average molecular weight is 248 g/mol. The molecular formula is C13H16N2OS. The van der Waals surface area contributed by atoms with Crippen LogP contribution in [0.25, 0.3) is 0 Å². The molecule has 0 fully saturated rings. The van der Waals surface area contributed by atoms with Gasteiger partial charge in [0.1, 0.15) is 10.8 Å². The molecule has 1 aromatic heterocycles. The van der Waals surface area contributed by atoms with Crippen LogP contribution in [0.3, 0.4) is 0 Å². The number of rotatable bonds is 4. The molecule has 2 N–H and O–H groups in total. The number of para-hydroxylation sites is 1. The van der Waals surface area contributed by atoms with E-state index in [4.69, 9.17) is 0 Å². The largest absolute Gasteiger partial charge is 0.507 e. The lowest BCUT2D eigenvalue weighted by molar-refractivity contribution is 0.456. The molecule has 1 unspecified atom stereocenters. The number of benzene rings is 1. The van der Waals surface area contributed by atoms with Gasteiger partial charge in [0.2, 0.25) is 0 Å². The zero-order chi connectivity index (χ0) is 12.3. The van der Waals surface area contributed by atoms with E-state index in [0.717, 1.165) is 16.1 Å². The predicted octanol–water partition coefficient (Wildman–Crippen LogP) is 3.01. The minimum absolute atomic E-state index is 0.204. The van der Waals surface area contributed by atoms with Crippen LogP contribution in [0.15, 0.2) is 29.8 Å². The van der Waals surface area contributed by atoms with Crippen molar-refractivity contribution in [3.8, 4) is 5.75 Å². The van der Waals surface area contributed by atoms with E-state index in [-0.39, 0.29) is 6.04 Å². The third-order valence-electron chi connectivity index (χ3n) is 2.74. The first-order valence-corrected chi connectivity index (χ1v) is 6.46. The molecule has 4 heteroatoms. The first-order chi connectivity index (χ1) is 8.18. The molecule has 0 saturated carbocycles. The first kappa shape index (κ1) is 12.1. The summed E-state index contributed by atoms with van der Waals surface area (Å²) in [6.45, 7) is 4.63. The predicted molar refractivity (Wildman–Crippen MR) is 70.2 cm³/mol. The van der Waals surface area contributed by atoms with Gasteiger partial charge in [0, 0.05) is 23.7 Å². The maximum atomic E-state index is 9.89. The highest BCUT2D eigenvalue weighted by atomic mass is 32.1. The highest BCUT2D eigenvalue weighted by Gasteiger charge is 2.09. The fourth-order valence-electron chi connectivity index (χ4n) is 1.66. The van der Waals surface area contributed by atoms with Gasteiger partial charge < -0.3 is 10.4 Å². The van der Waals surface area contributed by atoms with E-state index in [2.05, 4.69) is 17.2 Å². The molecule has 0 radical (unpaired) electrons. The smallest absolute Gasteiger partial charge is 0.122 e. The minimum Gasteiger partial charge on any atom is -0.507 e. The number of aromatic hydroxyl groups is 1. The van der Waals surface area contributed by atoms with Gasteiger partial charge in [-0.1, -0.05) is 18.2 Å². The van der Waals surface area contributed by atoms with E-state index < -0.39 is 0 Å². The van der Waals surface area contributed by atoms with Gasteiger partial charge in [-0.2, -0.15) is 0 Å². The number of hydrogen-bond acceptors (Lipinski definition) is 4. The summed E-state index contributed by atoms with van der Waals surface area (Å²) in [4.78, 5) is 4.26. The SMILES string of the molecule is Cc1cccc(CNC(C)c2nccs2)c1O. The van der Waals surface area contributed by atoms with Crippen LogP contribution in [-0.2, 0) is 6.54 Å². The van der Waals surface area contributed by atoms with Gasteiger partial charge in [0.05, 0.1) is 6.04 Å². The number of nitrogens with one attached hydrogen (secondary N) is 1. The summed E-state index contributed by atoms with van der Waals surface area (Å²) in [7, 11) is 0. The average Bonchev–Trinajstić information content (AvgIpc) is 2.84. The van der Waals surface area contributed by atoms with Gasteiger partial charge >= 0.3 is 0 Å². The van der Waals surface area contributed by atoms with Crippen LogP contribution >= 0.6 is 11.3 Å². The van der Waals surface area contributed by atoms with Crippen molar-refractivity contribution in [2.45, 2.75) is 26.4 Å². The molecule has 0 spiro atoms. The number of aromatic nitrogens is 1. The summed E-state index contributed by atoms with van der Waals surface area (Å²) >= 11 is 1.64. The van der Waals surface area contributed by atoms with E-state index in [0.29, 0.717) is 12.3 Å². The Bertz CT molecular complexity index is 482. The molecule has 1 atom stereocenters. The summed E-state index contributed by atoms with van der Waals surface area (Å²) in [5.41, 5.74) is 1.83. The van der Waals surface area contributed by atoms with Crippen LogP contribution in [0, 0.1) is 6.92 Å². The molecule has 0 aliphatic heterocycles. The Labute approximate surface area is 105 Å². The third kappa shape index (κ3) is 2.84. The Morgan fingerprint density at radius 2 is 2.29 bits per heavy atom. The van der Waals surface area contributed by atoms with Crippen LogP contribution in [-0.4, -0.2) is 10.1 Å². The van der Waals surface area contributed by atoms with Crippen molar-refractivity contribution in [3.05, 3.63) is 45.9 Å². The van der Waals surface area contributed by atoms with E-state index in [9.17, 15) is 5.11 Å². The van der Waals surface area contributed by atoms with E-state index in [1.807, 2.05) is 36.7 Å². The maximum Gasteiger partial charge on any atom is 0.122 e. The van der Waals surface area contributed by atoms with Crippen molar-refractivity contribution in [1.82, 2.24) is 10.3 Å². The minimum atomic E-state index is 0.204. The highest BCUT2D eigenvalue weighted by Crippen LogP contribution is 2.22. The van der Waals surface area contributed by atoms with Crippen molar-refractivity contribution in [1.29, 1.82) is 0 Å². The number of thiazole rings is 1. The van der Waals surface area contributed by atoms with E-state index in [1.54, 1.807) is 11.3 Å². The molecule has 90 valence electrons. The van der Waals surface area contributed by atoms with Crippen molar-refractivity contribution < 1.29 is 5.11 Å². The quantitative estimate of drug-likeness (QED) is 0.874. The van der Waals surface area contributed by atoms with Crippen molar-refractivity contribution >= 4 is 11.3 Å². The molecule has 0 amide bonds. The Morgan fingerprint density at radius 1 is 1.47 bits per heavy atom. The summed E-state index contributed by atoms with van der Waals surface area (Å²) in [5.74, 6) is 0.381. The van der Waals surface area contributed by atoms with Crippen LogP contribution in [0.2, 0.25) is 0 Å². The molecule has 1 aromatic carbocycles. The van der Waals surface area contributed by atoms with Gasteiger partial charge in [0.15, 0.2) is 0 Å². The highest BCUT2D eigenvalue weighted by molar-refractivity contribution is 7.09. The monoisotopic (exact) mass is 248 g/mol. The summed E-state index contributed by atoms with van der Waals surface area (Å²) in [5, 5.41) is 16.3. The van der Waals surface area contributed by atoms with Crippen molar-refractivity contribution in [2.75, 3.05) is 0 Å². The van der Waals surface area contributed by atoms with Gasteiger partial charge in [-0.3, -0.25) is 0 Å². The van der Waals surface area contributed by atoms with Gasteiger partial charge in [-0.25, -0.2) is 4.98 Å². The third-order valence-corrected chi connectivity index (χ3v) is 3.70. The summed E-state index contributed by atoms with van der Waals surface area (Å²) in [6, 6.07) is 6.00. The molecule has 3 nitrogen and oxygen atoms in total. The lowest BCUT2D eigenvalue weighted by atomic mass is 10.1. The Balaban J connectivity index is 2.00. The second kappa shape index (κ2) is 5.29. The molecule has 17 heavy (non-hydrogen) atoms. The Morgan fingerprint density at radius 3 is 3.00 bits per heavy atom. The van der Waals surface area contributed by atoms with E-state index in [1.165, 1.54) is 0 Å². The molecule has 2 aromatic rings. The fraction of sp³-hybridized carbons (Fsp3) is 0.308. The van der Waals surface area contributed by atoms with Crippen molar-refractivity contribution in [2.24, 2.45) is 0 Å². The van der Waals surface area contributed by atoms with Crippen LogP contribution in [0.5, 0.6) is 5.75 Å². The molecule has 0 saturated heterocycles. The molecule has 0 aliphatic carbocycles. The van der Waals surface area contributed by atoms with Gasteiger partial charge in [-0.15, -0.1) is 11.3 Å². The van der Waals surface area contributed by atoms with Crippen LogP contribution in [0.1, 0.15) is 29.1 Å². The van der Waals surface area contributed by atoms with Crippen LogP contribution in [0.4, 0.5) is 0 Å².